The molecule has 7 heteroatoms. The molecule has 1 N–H and O–H groups in total. The van der Waals surface area contributed by atoms with Gasteiger partial charge in [-0.25, -0.2) is 0 Å². The molecule has 3 rings (SSSR count). The third-order valence-electron chi connectivity index (χ3n) is 4.02. The number of amides is 2. The van der Waals surface area contributed by atoms with E-state index in [0.717, 1.165) is 17.7 Å². The normalized spacial score (nSPS) is 15.3. The van der Waals surface area contributed by atoms with Gasteiger partial charge in [0.2, 0.25) is 0 Å². The Morgan fingerprint density at radius 1 is 1.17 bits per heavy atom. The number of benzene rings is 1. The maximum Gasteiger partial charge on any atom is 0.263 e. The molecular weight excluding hydrogens is 367 g/mol. The van der Waals surface area contributed by atoms with Crippen LogP contribution in [-0.2, 0) is 0 Å². The van der Waals surface area contributed by atoms with Gasteiger partial charge in [-0.2, -0.15) is 0 Å². The van der Waals surface area contributed by atoms with Crippen molar-refractivity contribution in [1.29, 1.82) is 0 Å². The summed E-state index contributed by atoms with van der Waals surface area (Å²) in [5, 5.41) is 5.73. The van der Waals surface area contributed by atoms with Gasteiger partial charge in [0.05, 0.1) is 15.5 Å². The van der Waals surface area contributed by atoms with Crippen molar-refractivity contribution in [1.82, 2.24) is 10.2 Å². The van der Waals surface area contributed by atoms with Crippen molar-refractivity contribution in [3.63, 3.8) is 0 Å². The molecule has 0 spiro atoms. The lowest BCUT2D eigenvalue weighted by Gasteiger charge is -2.32. The zero-order chi connectivity index (χ0) is 17.1. The molecular formula is C17H16Cl2N2O2S. The molecule has 1 aliphatic heterocycles. The fourth-order valence-corrected chi connectivity index (χ4v) is 3.78. The molecule has 4 nitrogen and oxygen atoms in total. The van der Waals surface area contributed by atoms with Crippen LogP contribution in [0.4, 0.5) is 0 Å². The zero-order valence-electron chi connectivity index (χ0n) is 12.8. The number of likely N-dealkylation sites (tertiary alicyclic amines) is 1. The first-order valence-electron chi connectivity index (χ1n) is 7.63. The zero-order valence-corrected chi connectivity index (χ0v) is 15.1. The minimum Gasteiger partial charge on any atom is -0.349 e. The van der Waals surface area contributed by atoms with E-state index < -0.39 is 0 Å². The van der Waals surface area contributed by atoms with Gasteiger partial charge in [0.1, 0.15) is 0 Å². The molecule has 0 saturated carbocycles. The molecule has 2 heterocycles. The van der Waals surface area contributed by atoms with Gasteiger partial charge >= 0.3 is 0 Å². The van der Waals surface area contributed by atoms with Crippen LogP contribution in [-0.4, -0.2) is 35.8 Å². The first-order valence-corrected chi connectivity index (χ1v) is 9.27. The molecule has 0 aliphatic carbocycles. The van der Waals surface area contributed by atoms with Gasteiger partial charge in [-0.05, 0) is 42.5 Å². The second-order valence-electron chi connectivity index (χ2n) is 5.64. The van der Waals surface area contributed by atoms with Gasteiger partial charge < -0.3 is 10.2 Å². The summed E-state index contributed by atoms with van der Waals surface area (Å²) >= 11 is 13.4. The average molecular weight is 383 g/mol. The summed E-state index contributed by atoms with van der Waals surface area (Å²) in [6.45, 7) is 1.26. The number of halogens is 2. The Balaban J connectivity index is 1.56. The molecule has 1 aromatic carbocycles. The van der Waals surface area contributed by atoms with Crippen LogP contribution < -0.4 is 5.32 Å². The van der Waals surface area contributed by atoms with Gasteiger partial charge in [0.15, 0.2) is 0 Å². The SMILES string of the molecule is O=C(NC1CCN(C(=O)c2cccs2)CC1)c1cc(Cl)ccc1Cl. The molecule has 1 aliphatic rings. The predicted molar refractivity (Wildman–Crippen MR) is 97.2 cm³/mol. The number of hydrogen-bond acceptors (Lipinski definition) is 3. The van der Waals surface area contributed by atoms with E-state index >= 15 is 0 Å². The Bertz CT molecular complexity index is 741. The summed E-state index contributed by atoms with van der Waals surface area (Å²) in [7, 11) is 0. The first-order chi connectivity index (χ1) is 11.5. The fourth-order valence-electron chi connectivity index (χ4n) is 2.72. The van der Waals surface area contributed by atoms with E-state index in [9.17, 15) is 9.59 Å². The highest BCUT2D eigenvalue weighted by atomic mass is 35.5. The number of thiophene rings is 1. The van der Waals surface area contributed by atoms with Crippen LogP contribution in [0.15, 0.2) is 35.7 Å². The molecule has 0 atom stereocenters. The molecule has 2 aromatic rings. The maximum absolute atomic E-state index is 12.4. The van der Waals surface area contributed by atoms with E-state index in [-0.39, 0.29) is 17.9 Å². The Morgan fingerprint density at radius 3 is 2.58 bits per heavy atom. The molecule has 1 saturated heterocycles. The summed E-state index contributed by atoms with van der Waals surface area (Å²) in [5.74, 6) is -0.168. The number of rotatable bonds is 3. The second-order valence-corrected chi connectivity index (χ2v) is 7.43. The Hall–Kier alpha value is -1.56. The smallest absolute Gasteiger partial charge is 0.263 e. The lowest BCUT2D eigenvalue weighted by Crippen LogP contribution is -2.46. The fraction of sp³-hybridized carbons (Fsp3) is 0.294. The van der Waals surface area contributed by atoms with E-state index in [4.69, 9.17) is 23.2 Å². The Morgan fingerprint density at radius 2 is 1.92 bits per heavy atom. The van der Waals surface area contributed by atoms with Crippen molar-refractivity contribution in [3.05, 3.63) is 56.2 Å². The second kappa shape index (κ2) is 7.55. The summed E-state index contributed by atoms with van der Waals surface area (Å²) in [6, 6.07) is 8.56. The van der Waals surface area contributed by atoms with Gasteiger partial charge in [0.25, 0.3) is 11.8 Å². The van der Waals surface area contributed by atoms with Crippen LogP contribution in [0.2, 0.25) is 10.0 Å². The van der Waals surface area contributed by atoms with E-state index in [0.29, 0.717) is 28.7 Å². The average Bonchev–Trinajstić information content (AvgIpc) is 3.11. The highest BCUT2D eigenvalue weighted by molar-refractivity contribution is 7.12. The quantitative estimate of drug-likeness (QED) is 0.868. The lowest BCUT2D eigenvalue weighted by atomic mass is 10.0. The first kappa shape index (κ1) is 17.3. The van der Waals surface area contributed by atoms with Crippen LogP contribution in [0.5, 0.6) is 0 Å². The van der Waals surface area contributed by atoms with Crippen molar-refractivity contribution in [3.8, 4) is 0 Å². The monoisotopic (exact) mass is 382 g/mol. The molecule has 0 radical (unpaired) electrons. The number of piperidine rings is 1. The topological polar surface area (TPSA) is 49.4 Å². The van der Waals surface area contributed by atoms with Gasteiger partial charge in [-0.15, -0.1) is 11.3 Å². The van der Waals surface area contributed by atoms with Crippen molar-refractivity contribution in [2.75, 3.05) is 13.1 Å². The third-order valence-corrected chi connectivity index (χ3v) is 5.44. The van der Waals surface area contributed by atoms with Crippen LogP contribution in [0.3, 0.4) is 0 Å². The van der Waals surface area contributed by atoms with Crippen molar-refractivity contribution in [2.24, 2.45) is 0 Å². The molecule has 126 valence electrons. The molecule has 0 bridgehead atoms. The minimum absolute atomic E-state index is 0.0277. The largest absolute Gasteiger partial charge is 0.349 e. The lowest BCUT2D eigenvalue weighted by molar-refractivity contribution is 0.0703. The number of carbonyl (C=O) groups excluding carboxylic acids is 2. The highest BCUT2D eigenvalue weighted by Crippen LogP contribution is 2.22. The van der Waals surface area contributed by atoms with E-state index in [1.54, 1.807) is 18.2 Å². The van der Waals surface area contributed by atoms with Gasteiger partial charge in [-0.1, -0.05) is 29.3 Å². The number of nitrogens with one attached hydrogen (secondary N) is 1. The van der Waals surface area contributed by atoms with Crippen LogP contribution in [0, 0.1) is 0 Å². The van der Waals surface area contributed by atoms with Crippen molar-refractivity contribution in [2.45, 2.75) is 18.9 Å². The minimum atomic E-state index is -0.231. The number of carbonyl (C=O) groups is 2. The van der Waals surface area contributed by atoms with Crippen LogP contribution >= 0.6 is 34.5 Å². The number of hydrogen-bond donors (Lipinski definition) is 1. The third kappa shape index (κ3) is 3.91. The predicted octanol–water partition coefficient (Wildman–Crippen LogP) is 4.09. The van der Waals surface area contributed by atoms with E-state index in [1.165, 1.54) is 11.3 Å². The highest BCUT2D eigenvalue weighted by Gasteiger charge is 2.25. The molecule has 2 amide bonds. The van der Waals surface area contributed by atoms with Crippen LogP contribution in [0.25, 0.3) is 0 Å². The van der Waals surface area contributed by atoms with Crippen molar-refractivity contribution < 1.29 is 9.59 Å². The Labute approximate surface area is 154 Å². The van der Waals surface area contributed by atoms with Gasteiger partial charge in [-0.3, -0.25) is 9.59 Å². The van der Waals surface area contributed by atoms with Crippen molar-refractivity contribution >= 4 is 46.4 Å². The molecule has 1 aromatic heterocycles. The van der Waals surface area contributed by atoms with E-state index in [1.807, 2.05) is 22.4 Å². The molecule has 24 heavy (non-hydrogen) atoms. The molecule has 1 fully saturated rings. The summed E-state index contributed by atoms with van der Waals surface area (Å²) in [5.41, 5.74) is 0.376. The summed E-state index contributed by atoms with van der Waals surface area (Å²) in [4.78, 5) is 27.3. The number of nitrogens with zero attached hydrogens (tertiary/aromatic N) is 1. The standard InChI is InChI=1S/C17H16Cl2N2O2S/c18-11-3-4-14(19)13(10-11)16(22)20-12-5-7-21(8-6-12)17(23)15-2-1-9-24-15/h1-4,9-10,12H,5-8H2,(H,20,22). The molecule has 0 unspecified atom stereocenters. The summed E-state index contributed by atoms with van der Waals surface area (Å²) < 4.78 is 0. The maximum atomic E-state index is 12.4. The Kier molecular flexibility index (Phi) is 5.43. The van der Waals surface area contributed by atoms with Crippen LogP contribution in [0.1, 0.15) is 32.9 Å². The van der Waals surface area contributed by atoms with Gasteiger partial charge in [0, 0.05) is 24.2 Å². The summed E-state index contributed by atoms with van der Waals surface area (Å²) in [6.07, 6.45) is 1.45. The van der Waals surface area contributed by atoms with E-state index in [2.05, 4.69) is 5.32 Å².